The van der Waals surface area contributed by atoms with Crippen LogP contribution in [0.15, 0.2) is 30.4 Å². The van der Waals surface area contributed by atoms with E-state index >= 15 is 0 Å². The van der Waals surface area contributed by atoms with Crippen molar-refractivity contribution in [2.24, 2.45) is 0 Å². The maximum atomic E-state index is 12.8. The van der Waals surface area contributed by atoms with Gasteiger partial charge in [-0.2, -0.15) is 0 Å². The van der Waals surface area contributed by atoms with E-state index in [1.54, 1.807) is 26.4 Å². The number of amides is 2. The zero-order valence-corrected chi connectivity index (χ0v) is 16.8. The quantitative estimate of drug-likeness (QED) is 0.341. The van der Waals surface area contributed by atoms with Crippen LogP contribution in [0.2, 0.25) is 0 Å². The van der Waals surface area contributed by atoms with Gasteiger partial charge in [-0.3, -0.25) is 19.8 Å². The number of methoxy groups -OCH3 is 2. The van der Waals surface area contributed by atoms with Gasteiger partial charge in [0, 0.05) is 31.3 Å². The molecule has 2 aliphatic heterocycles. The minimum absolute atomic E-state index is 0.0234. The summed E-state index contributed by atoms with van der Waals surface area (Å²) in [5.74, 6) is 0.203. The Morgan fingerprint density at radius 1 is 1.18 bits per heavy atom. The number of ether oxygens (including phenoxy) is 2. The lowest BCUT2D eigenvalue weighted by Gasteiger charge is -2.28. The van der Waals surface area contributed by atoms with Crippen LogP contribution >= 0.6 is 12.2 Å². The predicted octanol–water partition coefficient (Wildman–Crippen LogP) is 2.12. The third-order valence-electron chi connectivity index (χ3n) is 4.78. The molecule has 0 atom stereocenters. The number of hydrogen-bond donors (Lipinski definition) is 1. The molecule has 3 rings (SSSR count). The number of nitrogens with one attached hydrogen (secondary N) is 1. The van der Waals surface area contributed by atoms with E-state index in [1.165, 1.54) is 11.0 Å². The van der Waals surface area contributed by atoms with Crippen molar-refractivity contribution in [1.82, 2.24) is 10.2 Å². The Balaban J connectivity index is 2.04. The molecule has 2 saturated heterocycles. The van der Waals surface area contributed by atoms with Crippen LogP contribution in [-0.2, 0) is 9.59 Å². The van der Waals surface area contributed by atoms with Gasteiger partial charge in [0.1, 0.15) is 17.1 Å². The number of thiocarbonyl (C=S) groups is 1. The summed E-state index contributed by atoms with van der Waals surface area (Å²) in [4.78, 5) is 28.7. The lowest BCUT2D eigenvalue weighted by atomic mass is 10.0. The number of rotatable bonds is 6. The summed E-state index contributed by atoms with van der Waals surface area (Å²) < 4.78 is 11.1. The number of nitrogens with zero attached hydrogens (tertiary/aromatic N) is 2. The van der Waals surface area contributed by atoms with Gasteiger partial charge >= 0.3 is 0 Å². The molecule has 0 saturated carbocycles. The van der Waals surface area contributed by atoms with Crippen LogP contribution in [-0.4, -0.2) is 55.7 Å². The molecule has 2 amide bonds. The monoisotopic (exact) mass is 401 g/mol. The maximum absolute atomic E-state index is 12.8. The second kappa shape index (κ2) is 8.43. The van der Waals surface area contributed by atoms with E-state index in [9.17, 15) is 9.59 Å². The van der Waals surface area contributed by atoms with Gasteiger partial charge in [0.15, 0.2) is 5.11 Å². The normalized spacial score (nSPS) is 18.5. The highest BCUT2D eigenvalue weighted by atomic mass is 32.1. The van der Waals surface area contributed by atoms with Crippen LogP contribution in [0.1, 0.15) is 18.4 Å². The van der Waals surface area contributed by atoms with Crippen molar-refractivity contribution in [3.63, 3.8) is 0 Å². The molecule has 0 spiro atoms. The van der Waals surface area contributed by atoms with E-state index < -0.39 is 11.8 Å². The van der Waals surface area contributed by atoms with Crippen LogP contribution in [0.3, 0.4) is 0 Å². The standard InChI is InChI=1S/C20H23N3O4S/c1-4-7-23-19(25)14(18(24)21-20(23)28)10-13-11-17(27-3)15(12-16(13)26-2)22-8-5-6-9-22/h4,10-12H,1,5-9H2,2-3H3,(H,21,24,28)/b14-10-. The van der Waals surface area contributed by atoms with Crippen LogP contribution in [0.25, 0.3) is 6.08 Å². The summed E-state index contributed by atoms with van der Waals surface area (Å²) >= 11 is 5.08. The summed E-state index contributed by atoms with van der Waals surface area (Å²) in [5.41, 5.74) is 1.49. The molecule has 0 radical (unpaired) electrons. The van der Waals surface area contributed by atoms with Crippen LogP contribution in [0.5, 0.6) is 11.5 Å². The molecule has 0 aliphatic carbocycles. The second-order valence-electron chi connectivity index (χ2n) is 6.48. The molecular formula is C20H23N3O4S. The summed E-state index contributed by atoms with van der Waals surface area (Å²) in [5, 5.41) is 2.61. The zero-order valence-electron chi connectivity index (χ0n) is 16.0. The van der Waals surface area contributed by atoms with E-state index in [-0.39, 0.29) is 17.2 Å². The van der Waals surface area contributed by atoms with Crippen LogP contribution < -0.4 is 19.7 Å². The van der Waals surface area contributed by atoms with Gasteiger partial charge in [-0.05, 0) is 37.2 Å². The Kier molecular flexibility index (Phi) is 5.99. The number of benzene rings is 1. The van der Waals surface area contributed by atoms with E-state index in [0.29, 0.717) is 17.1 Å². The van der Waals surface area contributed by atoms with E-state index in [1.807, 2.05) is 6.07 Å². The van der Waals surface area contributed by atoms with Crippen LogP contribution in [0, 0.1) is 0 Å². The first-order chi connectivity index (χ1) is 13.5. The zero-order chi connectivity index (χ0) is 20.3. The van der Waals surface area contributed by atoms with Crippen molar-refractivity contribution in [3.8, 4) is 11.5 Å². The number of carbonyl (C=O) groups is 2. The molecule has 2 aliphatic rings. The van der Waals surface area contributed by atoms with Gasteiger partial charge in [-0.1, -0.05) is 6.08 Å². The highest BCUT2D eigenvalue weighted by molar-refractivity contribution is 7.80. The largest absolute Gasteiger partial charge is 0.496 e. The van der Waals surface area contributed by atoms with Crippen LogP contribution in [0.4, 0.5) is 5.69 Å². The van der Waals surface area contributed by atoms with Gasteiger partial charge in [-0.25, -0.2) is 0 Å². The Labute approximate surface area is 169 Å². The van der Waals surface area contributed by atoms with E-state index in [4.69, 9.17) is 21.7 Å². The summed E-state index contributed by atoms with van der Waals surface area (Å²) in [6, 6.07) is 3.67. The smallest absolute Gasteiger partial charge is 0.265 e. The van der Waals surface area contributed by atoms with Gasteiger partial charge in [0.05, 0.1) is 19.9 Å². The molecule has 8 heteroatoms. The van der Waals surface area contributed by atoms with Gasteiger partial charge < -0.3 is 14.4 Å². The first-order valence-electron chi connectivity index (χ1n) is 9.01. The lowest BCUT2D eigenvalue weighted by molar-refractivity contribution is -0.128. The fourth-order valence-electron chi connectivity index (χ4n) is 3.37. The molecule has 2 fully saturated rings. The molecule has 1 N–H and O–H groups in total. The summed E-state index contributed by atoms with van der Waals surface area (Å²) in [7, 11) is 3.15. The van der Waals surface area contributed by atoms with Crippen molar-refractivity contribution >= 4 is 40.9 Å². The van der Waals surface area contributed by atoms with Crippen molar-refractivity contribution in [2.75, 3.05) is 38.8 Å². The maximum Gasteiger partial charge on any atom is 0.265 e. The second-order valence-corrected chi connectivity index (χ2v) is 6.87. The van der Waals surface area contributed by atoms with E-state index in [2.05, 4.69) is 16.8 Å². The first kappa shape index (κ1) is 19.9. The van der Waals surface area contributed by atoms with Gasteiger partial charge in [-0.15, -0.1) is 6.58 Å². The molecule has 0 bridgehead atoms. The minimum Gasteiger partial charge on any atom is -0.496 e. The Hall–Kier alpha value is -2.87. The fraction of sp³-hybridized carbons (Fsp3) is 0.350. The SMILES string of the molecule is C=CCN1C(=O)/C(=C\c2cc(OC)c(N3CCCC3)cc2OC)C(=O)NC1=S. The topological polar surface area (TPSA) is 71.1 Å². The molecule has 28 heavy (non-hydrogen) atoms. The van der Waals surface area contributed by atoms with Crippen molar-refractivity contribution in [1.29, 1.82) is 0 Å². The first-order valence-corrected chi connectivity index (χ1v) is 9.41. The molecule has 0 unspecified atom stereocenters. The fourth-order valence-corrected chi connectivity index (χ4v) is 3.62. The third-order valence-corrected chi connectivity index (χ3v) is 5.10. The molecule has 0 aromatic heterocycles. The highest BCUT2D eigenvalue weighted by Gasteiger charge is 2.33. The van der Waals surface area contributed by atoms with Gasteiger partial charge in [0.25, 0.3) is 11.8 Å². The van der Waals surface area contributed by atoms with Crippen molar-refractivity contribution < 1.29 is 19.1 Å². The number of anilines is 1. The summed E-state index contributed by atoms with van der Waals surface area (Å²) in [6.45, 7) is 5.74. The molecule has 1 aromatic carbocycles. The van der Waals surface area contributed by atoms with Crippen molar-refractivity contribution in [3.05, 3.63) is 35.9 Å². The Morgan fingerprint density at radius 3 is 2.46 bits per heavy atom. The molecule has 1 aromatic rings. The minimum atomic E-state index is -0.542. The molecule has 2 heterocycles. The molecule has 148 valence electrons. The molecule has 7 nitrogen and oxygen atoms in total. The summed E-state index contributed by atoms with van der Waals surface area (Å²) in [6.07, 6.45) is 5.31. The average Bonchev–Trinajstić information content (AvgIpc) is 3.22. The van der Waals surface area contributed by atoms with Crippen molar-refractivity contribution in [2.45, 2.75) is 12.8 Å². The Morgan fingerprint density at radius 2 is 1.86 bits per heavy atom. The average molecular weight is 401 g/mol. The van der Waals surface area contributed by atoms with Gasteiger partial charge in [0.2, 0.25) is 0 Å². The van der Waals surface area contributed by atoms with E-state index in [0.717, 1.165) is 31.6 Å². The Bertz CT molecular complexity index is 859. The predicted molar refractivity (Wildman–Crippen MR) is 112 cm³/mol. The highest BCUT2D eigenvalue weighted by Crippen LogP contribution is 2.38. The molecular weight excluding hydrogens is 378 g/mol. The number of carbonyl (C=O) groups excluding carboxylic acids is 2. The number of hydrogen-bond acceptors (Lipinski definition) is 6. The lowest BCUT2D eigenvalue weighted by Crippen LogP contribution is -2.53. The third kappa shape index (κ3) is 3.73.